The highest BCUT2D eigenvalue weighted by molar-refractivity contribution is 5.38. The molecule has 0 unspecified atom stereocenters. The van der Waals surface area contributed by atoms with E-state index in [1.807, 2.05) is 19.3 Å². The summed E-state index contributed by atoms with van der Waals surface area (Å²) in [6.07, 6.45) is 3.50. The molecular formula is C17H27N5O. The van der Waals surface area contributed by atoms with Crippen LogP contribution in [0.25, 0.3) is 0 Å². The molecule has 0 bridgehead atoms. The van der Waals surface area contributed by atoms with Gasteiger partial charge in [0.25, 0.3) is 0 Å². The lowest BCUT2D eigenvalue weighted by Crippen LogP contribution is -2.30. The fourth-order valence-electron chi connectivity index (χ4n) is 2.19. The Hall–Kier alpha value is -1.95. The molecule has 0 aliphatic heterocycles. The van der Waals surface area contributed by atoms with Crippen LogP contribution in [0.1, 0.15) is 63.5 Å². The zero-order valence-electron chi connectivity index (χ0n) is 14.8. The summed E-state index contributed by atoms with van der Waals surface area (Å²) in [6, 6.07) is 1.95. The number of nitrogens with one attached hydrogen (secondary N) is 1. The molecule has 126 valence electrons. The fraction of sp³-hybridized carbons (Fsp3) is 0.588. The van der Waals surface area contributed by atoms with E-state index in [1.54, 1.807) is 17.8 Å². The molecule has 2 heterocycles. The van der Waals surface area contributed by atoms with E-state index in [1.165, 1.54) is 0 Å². The molecule has 0 amide bonds. The lowest BCUT2D eigenvalue weighted by Gasteiger charge is -2.23. The van der Waals surface area contributed by atoms with Crippen LogP contribution in [0, 0.1) is 0 Å². The van der Waals surface area contributed by atoms with Crippen LogP contribution in [0.3, 0.4) is 0 Å². The molecule has 6 nitrogen and oxygen atoms in total. The molecule has 2 aromatic rings. The number of aliphatic hydroxyl groups is 1. The van der Waals surface area contributed by atoms with Crippen LogP contribution in [0.5, 0.6) is 0 Å². The predicted octanol–water partition coefficient (Wildman–Crippen LogP) is 2.78. The van der Waals surface area contributed by atoms with E-state index in [9.17, 15) is 5.11 Å². The Bertz CT molecular complexity index is 635. The van der Waals surface area contributed by atoms with E-state index < -0.39 is 5.60 Å². The molecule has 1 atom stereocenters. The van der Waals surface area contributed by atoms with Crippen LogP contribution in [0.15, 0.2) is 18.5 Å². The largest absolute Gasteiger partial charge is 0.383 e. The highest BCUT2D eigenvalue weighted by atomic mass is 16.3. The first-order valence-electron chi connectivity index (χ1n) is 8.03. The van der Waals surface area contributed by atoms with Crippen molar-refractivity contribution >= 4 is 5.82 Å². The van der Waals surface area contributed by atoms with Crippen molar-refractivity contribution in [2.45, 2.75) is 52.1 Å². The maximum Gasteiger partial charge on any atom is 0.133 e. The van der Waals surface area contributed by atoms with Crippen molar-refractivity contribution in [1.29, 1.82) is 0 Å². The average Bonchev–Trinajstić information content (AvgIpc) is 2.92. The number of anilines is 1. The monoisotopic (exact) mass is 317 g/mol. The van der Waals surface area contributed by atoms with Crippen molar-refractivity contribution in [3.63, 3.8) is 0 Å². The summed E-state index contributed by atoms with van der Waals surface area (Å²) in [5.74, 6) is 2.15. The molecule has 0 spiro atoms. The Labute approximate surface area is 138 Å². The molecule has 2 aromatic heterocycles. The van der Waals surface area contributed by atoms with Crippen molar-refractivity contribution in [2.24, 2.45) is 7.05 Å². The van der Waals surface area contributed by atoms with Crippen molar-refractivity contribution in [2.75, 3.05) is 11.9 Å². The van der Waals surface area contributed by atoms with E-state index >= 15 is 0 Å². The van der Waals surface area contributed by atoms with E-state index in [2.05, 4.69) is 48.1 Å². The highest BCUT2D eigenvalue weighted by Gasteiger charge is 2.25. The van der Waals surface area contributed by atoms with Crippen molar-refractivity contribution in [3.8, 4) is 0 Å². The van der Waals surface area contributed by atoms with Crippen LogP contribution in [0.4, 0.5) is 5.82 Å². The number of rotatable bonds is 6. The van der Waals surface area contributed by atoms with E-state index in [0.717, 1.165) is 22.9 Å². The third kappa shape index (κ3) is 4.28. The van der Waals surface area contributed by atoms with E-state index in [-0.39, 0.29) is 5.92 Å². The zero-order valence-corrected chi connectivity index (χ0v) is 14.8. The highest BCUT2D eigenvalue weighted by Crippen LogP contribution is 2.23. The van der Waals surface area contributed by atoms with Gasteiger partial charge in [-0.2, -0.15) is 5.10 Å². The Morgan fingerprint density at radius 2 is 1.91 bits per heavy atom. The molecule has 2 N–H and O–H groups in total. The lowest BCUT2D eigenvalue weighted by atomic mass is 10.00. The lowest BCUT2D eigenvalue weighted by molar-refractivity contribution is 0.0713. The molecular weight excluding hydrogens is 290 g/mol. The number of hydrogen-bond donors (Lipinski definition) is 2. The van der Waals surface area contributed by atoms with Gasteiger partial charge in [-0.05, 0) is 12.8 Å². The first-order valence-corrected chi connectivity index (χ1v) is 8.03. The van der Waals surface area contributed by atoms with Gasteiger partial charge in [-0.3, -0.25) is 4.68 Å². The summed E-state index contributed by atoms with van der Waals surface area (Å²) in [5, 5.41) is 18.0. The molecule has 23 heavy (non-hydrogen) atoms. The Balaban J connectivity index is 2.19. The summed E-state index contributed by atoms with van der Waals surface area (Å²) in [7, 11) is 1.83. The zero-order chi connectivity index (χ0) is 17.2. The smallest absolute Gasteiger partial charge is 0.133 e. The fourth-order valence-corrected chi connectivity index (χ4v) is 2.19. The van der Waals surface area contributed by atoms with Crippen LogP contribution < -0.4 is 5.32 Å². The van der Waals surface area contributed by atoms with Crippen molar-refractivity contribution < 1.29 is 5.11 Å². The number of hydrogen-bond acceptors (Lipinski definition) is 5. The normalized spacial score (nSPS) is 14.3. The second-order valence-electron chi connectivity index (χ2n) is 6.88. The standard InChI is InChI=1S/C17H27N5O/c1-11(2)14-7-15(21-16(20-14)12(3)4)18-10-17(5,23)13-8-19-22(6)9-13/h7-9,11-12,23H,10H2,1-6H3,(H,18,20,21)/t17-/m1/s1. The van der Waals surface area contributed by atoms with Crippen molar-refractivity contribution in [3.05, 3.63) is 35.5 Å². The van der Waals surface area contributed by atoms with Crippen LogP contribution >= 0.6 is 0 Å². The predicted molar refractivity (Wildman–Crippen MR) is 91.5 cm³/mol. The van der Waals surface area contributed by atoms with E-state index in [4.69, 9.17) is 0 Å². The molecule has 0 saturated carbocycles. The molecule has 0 aromatic carbocycles. The molecule has 6 heteroatoms. The summed E-state index contributed by atoms with van der Waals surface area (Å²) in [5.41, 5.74) is 0.761. The van der Waals surface area contributed by atoms with Crippen molar-refractivity contribution in [1.82, 2.24) is 19.7 Å². The van der Waals surface area contributed by atoms with Gasteiger partial charge in [0.1, 0.15) is 17.2 Å². The summed E-state index contributed by atoms with van der Waals surface area (Å²) < 4.78 is 1.68. The quantitative estimate of drug-likeness (QED) is 0.857. The van der Waals surface area contributed by atoms with Gasteiger partial charge < -0.3 is 10.4 Å². The minimum Gasteiger partial charge on any atom is -0.383 e. The van der Waals surface area contributed by atoms with Crippen LogP contribution in [-0.2, 0) is 12.6 Å². The maximum atomic E-state index is 10.7. The van der Waals surface area contributed by atoms with Gasteiger partial charge in [0, 0.05) is 43.0 Å². The molecule has 0 saturated heterocycles. The van der Waals surface area contributed by atoms with Gasteiger partial charge in [0.05, 0.1) is 6.20 Å². The first kappa shape index (κ1) is 17.4. The molecule has 0 fully saturated rings. The second-order valence-corrected chi connectivity index (χ2v) is 6.88. The minimum atomic E-state index is -1.02. The number of nitrogens with zero attached hydrogens (tertiary/aromatic N) is 4. The van der Waals surface area contributed by atoms with Gasteiger partial charge in [0.15, 0.2) is 0 Å². The van der Waals surface area contributed by atoms with Crippen LogP contribution in [-0.4, -0.2) is 31.4 Å². The summed E-state index contributed by atoms with van der Waals surface area (Å²) >= 11 is 0. The topological polar surface area (TPSA) is 75.9 Å². The maximum absolute atomic E-state index is 10.7. The van der Waals surface area contributed by atoms with Gasteiger partial charge in [0.2, 0.25) is 0 Å². The molecule has 0 radical (unpaired) electrons. The van der Waals surface area contributed by atoms with Crippen LogP contribution in [0.2, 0.25) is 0 Å². The minimum absolute atomic E-state index is 0.257. The summed E-state index contributed by atoms with van der Waals surface area (Å²) in [4.78, 5) is 9.17. The first-order chi connectivity index (χ1) is 10.7. The van der Waals surface area contributed by atoms with E-state index in [0.29, 0.717) is 12.5 Å². The SMILES string of the molecule is CC(C)c1cc(NC[C@@](C)(O)c2cnn(C)c2)nc(C(C)C)n1. The third-order valence-corrected chi connectivity index (χ3v) is 3.81. The third-order valence-electron chi connectivity index (χ3n) is 3.81. The molecule has 0 aliphatic rings. The van der Waals surface area contributed by atoms with Gasteiger partial charge in [-0.15, -0.1) is 0 Å². The number of aromatic nitrogens is 4. The summed E-state index contributed by atoms with van der Waals surface area (Å²) in [6.45, 7) is 10.5. The van der Waals surface area contributed by atoms with Gasteiger partial charge in [-0.1, -0.05) is 27.7 Å². The van der Waals surface area contributed by atoms with Gasteiger partial charge >= 0.3 is 0 Å². The molecule has 2 rings (SSSR count). The number of aryl methyl sites for hydroxylation is 1. The van der Waals surface area contributed by atoms with Gasteiger partial charge in [-0.25, -0.2) is 9.97 Å². The Morgan fingerprint density at radius 3 is 2.43 bits per heavy atom. The Kier molecular flexibility index (Phi) is 5.04. The second kappa shape index (κ2) is 6.66. The average molecular weight is 317 g/mol. The molecule has 0 aliphatic carbocycles. The Morgan fingerprint density at radius 1 is 1.22 bits per heavy atom.